The number of fused-ring (bicyclic) bond motifs is 1. The molecule has 53 heavy (non-hydrogen) atoms. The maximum Gasteiger partial charge on any atom is 0.474 e. The quantitative estimate of drug-likeness (QED) is 0.156. The topological polar surface area (TPSA) is 233 Å². The van der Waals surface area contributed by atoms with Crippen LogP contribution in [0.15, 0.2) is 24.3 Å². The highest BCUT2D eigenvalue weighted by Crippen LogP contribution is 2.47. The summed E-state index contributed by atoms with van der Waals surface area (Å²) in [5.74, 6) is -4.07. The van der Waals surface area contributed by atoms with Crippen molar-refractivity contribution < 1.29 is 56.4 Å². The van der Waals surface area contributed by atoms with Gasteiger partial charge in [0.2, 0.25) is 35.4 Å². The van der Waals surface area contributed by atoms with Crippen LogP contribution < -0.4 is 26.6 Å². The smallest absolute Gasteiger partial charge is 0.345 e. The number of carbonyl (C=O) groups is 6. The number of alkyl halides is 2. The molecule has 0 unspecified atom stereocenters. The van der Waals surface area contributed by atoms with Crippen LogP contribution in [0.1, 0.15) is 64.5 Å². The predicted molar refractivity (Wildman–Crippen MR) is 190 cm³/mol. The van der Waals surface area contributed by atoms with Crippen molar-refractivity contribution in [1.82, 2.24) is 31.5 Å². The van der Waals surface area contributed by atoms with Crippen molar-refractivity contribution in [3.63, 3.8) is 0 Å². The Kier molecular flexibility index (Phi) is 15.8. The Labute approximate surface area is 310 Å². The molecule has 1 aromatic carbocycles. The average Bonchev–Trinajstić information content (AvgIpc) is 3.55. The zero-order valence-corrected chi connectivity index (χ0v) is 31.9. The molecule has 5 atom stereocenters. The Hall–Kier alpha value is -3.64. The Balaban J connectivity index is 1.99. The third kappa shape index (κ3) is 13.0. The number of nitrogens with one attached hydrogen (secondary N) is 5. The molecule has 0 bridgehead atoms. The number of hydrogen-bond acceptors (Lipinski definition) is 9. The summed E-state index contributed by atoms with van der Waals surface area (Å²) in [6.07, 6.45) is -1.58. The second-order valence-electron chi connectivity index (χ2n) is 13.8. The molecular formula is C33H49F2N6O10PS. The van der Waals surface area contributed by atoms with Crippen LogP contribution >= 0.6 is 19.6 Å². The number of benzene rings is 1. The molecule has 296 valence electrons. The van der Waals surface area contributed by atoms with Crippen LogP contribution in [0.25, 0.3) is 0 Å². The zero-order chi connectivity index (χ0) is 39.7. The summed E-state index contributed by atoms with van der Waals surface area (Å²) in [7, 11) is -5.56. The van der Waals surface area contributed by atoms with Crippen molar-refractivity contribution in [3.05, 3.63) is 35.4 Å². The highest BCUT2D eigenvalue weighted by Gasteiger charge is 2.42. The molecule has 6 amide bonds. The summed E-state index contributed by atoms with van der Waals surface area (Å²) >= 11 is 1.46. The van der Waals surface area contributed by atoms with Gasteiger partial charge in [0.15, 0.2) is 0 Å². The van der Waals surface area contributed by atoms with Crippen LogP contribution in [0, 0.1) is 11.8 Å². The van der Waals surface area contributed by atoms with Gasteiger partial charge in [0.25, 0.3) is 0 Å². The highest BCUT2D eigenvalue weighted by atomic mass is 32.2. The molecule has 3 rings (SSSR count). The standard InChI is InChI=1S/C33H49F2N6O10PS/c1-18(2)15-23-28(43)36-17-26(42)37-24(16-20-8-10-21(11-9-20)33(34,35)51-52(48,49)50)30(45)40-27(19(3)4)32(47)41-13-6-7-25(41)31(46)38-22(12-14-53-5)29(44)39-23/h8-11,18-19,22-25,27H,6-7,12-17H2,1-5H3,(H,36,43)(H,37,42)(H,38,46)(H,39,44)(H,40,45)(H2,48,49,50)/t22-,23-,24-,25-,27-/m0/s1. The van der Waals surface area contributed by atoms with Crippen LogP contribution in [0.5, 0.6) is 0 Å². The van der Waals surface area contributed by atoms with E-state index in [4.69, 9.17) is 9.79 Å². The number of rotatable bonds is 11. The number of amides is 6. The van der Waals surface area contributed by atoms with Crippen molar-refractivity contribution in [2.75, 3.05) is 25.1 Å². The van der Waals surface area contributed by atoms with Gasteiger partial charge in [0.05, 0.1) is 12.1 Å². The van der Waals surface area contributed by atoms with E-state index in [1.165, 1.54) is 16.7 Å². The van der Waals surface area contributed by atoms with E-state index in [2.05, 4.69) is 31.1 Å². The summed E-state index contributed by atoms with van der Waals surface area (Å²) in [6, 6.07) is -1.66. The first-order valence-electron chi connectivity index (χ1n) is 17.2. The maximum atomic E-state index is 14.3. The fourth-order valence-electron chi connectivity index (χ4n) is 6.01. The lowest BCUT2D eigenvalue weighted by molar-refractivity contribution is -0.195. The molecule has 0 spiro atoms. The van der Waals surface area contributed by atoms with E-state index in [0.29, 0.717) is 18.6 Å². The van der Waals surface area contributed by atoms with Crippen molar-refractivity contribution in [3.8, 4) is 0 Å². The fraction of sp³-hybridized carbons (Fsp3) is 0.636. The average molecular weight is 791 g/mol. The number of nitrogens with zero attached hydrogens (tertiary/aromatic N) is 1. The van der Waals surface area contributed by atoms with Crippen molar-refractivity contribution in [1.29, 1.82) is 0 Å². The summed E-state index contributed by atoms with van der Waals surface area (Å²) in [6.45, 7) is 6.62. The van der Waals surface area contributed by atoms with E-state index in [1.54, 1.807) is 13.8 Å². The van der Waals surface area contributed by atoms with Gasteiger partial charge in [0, 0.05) is 13.0 Å². The van der Waals surface area contributed by atoms with Gasteiger partial charge in [-0.2, -0.15) is 20.5 Å². The molecule has 0 aliphatic carbocycles. The van der Waals surface area contributed by atoms with Gasteiger partial charge in [-0.3, -0.25) is 28.8 Å². The molecule has 2 aliphatic heterocycles. The van der Waals surface area contributed by atoms with E-state index in [0.717, 1.165) is 24.3 Å². The molecule has 1 aromatic rings. The second-order valence-corrected chi connectivity index (χ2v) is 15.9. The maximum absolute atomic E-state index is 14.3. The lowest BCUT2D eigenvalue weighted by atomic mass is 9.99. The molecule has 0 aromatic heterocycles. The van der Waals surface area contributed by atoms with Gasteiger partial charge >= 0.3 is 13.9 Å². The largest absolute Gasteiger partial charge is 0.474 e. The fourth-order valence-corrected chi connectivity index (χ4v) is 6.89. The zero-order valence-electron chi connectivity index (χ0n) is 30.2. The van der Waals surface area contributed by atoms with Gasteiger partial charge in [0.1, 0.15) is 30.2 Å². The van der Waals surface area contributed by atoms with Crippen molar-refractivity contribution in [2.24, 2.45) is 11.8 Å². The molecule has 7 N–H and O–H groups in total. The van der Waals surface area contributed by atoms with Gasteiger partial charge in [-0.05, 0) is 55.1 Å². The monoisotopic (exact) mass is 790 g/mol. The lowest BCUT2D eigenvalue weighted by Gasteiger charge is -2.32. The molecule has 0 saturated carbocycles. The minimum Gasteiger partial charge on any atom is -0.345 e. The Morgan fingerprint density at radius 2 is 1.53 bits per heavy atom. The number of halogens is 2. The summed E-state index contributed by atoms with van der Waals surface area (Å²) < 4.78 is 43.2. The summed E-state index contributed by atoms with van der Waals surface area (Å²) in [5.41, 5.74) is -0.662. The van der Waals surface area contributed by atoms with E-state index in [-0.39, 0.29) is 37.3 Å². The molecule has 20 heteroatoms. The number of hydrogen-bond donors (Lipinski definition) is 7. The molecule has 2 aliphatic rings. The SMILES string of the molecule is CSCC[C@@H]1NC(=O)[C@@H]2CCCN2C(=O)[C@H](C(C)C)NC(=O)[C@H](Cc2ccc(C(F)(F)OP(=O)(O)O)cc2)NC(=O)CNC(=O)[C@H](CC(C)C)NC1=O. The summed E-state index contributed by atoms with van der Waals surface area (Å²) in [5, 5.41) is 13.1. The number of carbonyl (C=O) groups excluding carboxylic acids is 6. The van der Waals surface area contributed by atoms with Crippen LogP contribution in [-0.2, 0) is 50.4 Å². The Morgan fingerprint density at radius 1 is 0.906 bits per heavy atom. The first-order chi connectivity index (χ1) is 24.7. The van der Waals surface area contributed by atoms with E-state index >= 15 is 0 Å². The normalized spacial score (nSPS) is 24.5. The Bertz CT molecular complexity index is 1550. The van der Waals surface area contributed by atoms with E-state index < -0.39 is 97.6 Å². The van der Waals surface area contributed by atoms with Crippen LogP contribution in [0.2, 0.25) is 0 Å². The lowest BCUT2D eigenvalue weighted by Crippen LogP contribution is -2.61. The third-order valence-corrected chi connectivity index (χ3v) is 9.80. The van der Waals surface area contributed by atoms with Crippen molar-refractivity contribution >= 4 is 55.0 Å². The van der Waals surface area contributed by atoms with Crippen LogP contribution in [0.3, 0.4) is 0 Å². The minimum absolute atomic E-state index is 0.0632. The predicted octanol–water partition coefficient (Wildman–Crippen LogP) is 0.903. The third-order valence-electron chi connectivity index (χ3n) is 8.69. The van der Waals surface area contributed by atoms with Gasteiger partial charge in [-0.15, -0.1) is 0 Å². The first-order valence-corrected chi connectivity index (χ1v) is 20.2. The van der Waals surface area contributed by atoms with E-state index in [9.17, 15) is 42.1 Å². The molecule has 2 heterocycles. The molecular weight excluding hydrogens is 741 g/mol. The molecule has 2 saturated heterocycles. The van der Waals surface area contributed by atoms with Crippen LogP contribution in [0.4, 0.5) is 8.78 Å². The second kappa shape index (κ2) is 19.1. The Morgan fingerprint density at radius 3 is 2.11 bits per heavy atom. The van der Waals surface area contributed by atoms with Crippen LogP contribution in [-0.4, -0.2) is 105 Å². The van der Waals surface area contributed by atoms with Gasteiger partial charge in [-0.1, -0.05) is 52.0 Å². The minimum atomic E-state index is -5.56. The number of phosphoric ester groups is 1. The van der Waals surface area contributed by atoms with Crippen molar-refractivity contribution in [2.45, 2.75) is 96.1 Å². The molecule has 2 fully saturated rings. The molecule has 0 radical (unpaired) electrons. The van der Waals surface area contributed by atoms with E-state index in [1.807, 2.05) is 20.1 Å². The van der Waals surface area contributed by atoms with Gasteiger partial charge < -0.3 is 41.3 Å². The summed E-state index contributed by atoms with van der Waals surface area (Å²) in [4.78, 5) is 101. The number of thioether (sulfide) groups is 1. The highest BCUT2D eigenvalue weighted by molar-refractivity contribution is 7.98. The number of phosphoric acid groups is 1. The first kappa shape index (κ1) is 43.8. The molecule has 16 nitrogen and oxygen atoms in total. The van der Waals surface area contributed by atoms with Gasteiger partial charge in [-0.25, -0.2) is 9.09 Å².